The summed E-state index contributed by atoms with van der Waals surface area (Å²) in [5, 5.41) is 0. The molecule has 0 amide bonds. The van der Waals surface area contributed by atoms with E-state index in [1.165, 1.54) is 121 Å². The smallest absolute Gasteiger partial charge is 0.308 e. The van der Waals surface area contributed by atoms with Gasteiger partial charge in [-0.2, -0.15) is 11.8 Å². The first-order valence-electron chi connectivity index (χ1n) is 13.4. The van der Waals surface area contributed by atoms with Crippen molar-refractivity contribution in [2.45, 2.75) is 136 Å². The topological polar surface area (TPSA) is 26.3 Å². The molecule has 0 unspecified atom stereocenters. The minimum absolute atomic E-state index is 0.248. The summed E-state index contributed by atoms with van der Waals surface area (Å²) in [4.78, 5) is 11.2. The van der Waals surface area contributed by atoms with Gasteiger partial charge in [-0.05, 0) is 42.7 Å². The van der Waals surface area contributed by atoms with Crippen LogP contribution in [0.4, 0.5) is 0 Å². The SMILES string of the molecule is CCCCCCCCCCCCCCCCCCSCc1cc(C)c(OC(C)=O)c(C)c1. The standard InChI is InChI=1S/C29H50O2S/c1-5-6-7-8-9-10-11-12-13-14-15-16-17-18-19-20-21-32-24-28-22-25(2)29(26(3)23-28)31-27(4)30/h22-23H,5-21,24H2,1-4H3. The Morgan fingerprint density at radius 2 is 1.12 bits per heavy atom. The number of unbranched alkanes of at least 4 members (excludes halogenated alkanes) is 15. The van der Waals surface area contributed by atoms with Gasteiger partial charge in [-0.15, -0.1) is 0 Å². The second-order valence-electron chi connectivity index (χ2n) is 9.51. The van der Waals surface area contributed by atoms with Gasteiger partial charge in [0, 0.05) is 12.7 Å². The molecule has 1 rings (SSSR count). The van der Waals surface area contributed by atoms with E-state index in [2.05, 4.69) is 19.1 Å². The fourth-order valence-corrected chi connectivity index (χ4v) is 5.33. The molecule has 0 aliphatic carbocycles. The number of thioether (sulfide) groups is 1. The third-order valence-electron chi connectivity index (χ3n) is 6.18. The summed E-state index contributed by atoms with van der Waals surface area (Å²) in [5.41, 5.74) is 3.44. The number of aryl methyl sites for hydroxylation is 2. The highest BCUT2D eigenvalue weighted by atomic mass is 32.2. The molecule has 0 spiro atoms. The number of ether oxygens (including phenoxy) is 1. The molecule has 2 nitrogen and oxygen atoms in total. The fourth-order valence-electron chi connectivity index (χ4n) is 4.37. The number of carbonyl (C=O) groups excluding carboxylic acids is 1. The summed E-state index contributed by atoms with van der Waals surface area (Å²) < 4.78 is 5.33. The maximum absolute atomic E-state index is 11.2. The lowest BCUT2D eigenvalue weighted by Gasteiger charge is -2.11. The Kier molecular flexibility index (Phi) is 17.7. The summed E-state index contributed by atoms with van der Waals surface area (Å²) in [5.74, 6) is 2.76. The molecule has 0 aromatic heterocycles. The van der Waals surface area contributed by atoms with Gasteiger partial charge in [0.1, 0.15) is 5.75 Å². The van der Waals surface area contributed by atoms with Gasteiger partial charge in [-0.25, -0.2) is 0 Å². The highest BCUT2D eigenvalue weighted by Crippen LogP contribution is 2.27. The minimum Gasteiger partial charge on any atom is -0.426 e. The lowest BCUT2D eigenvalue weighted by molar-refractivity contribution is -0.131. The molecule has 0 radical (unpaired) electrons. The Bertz CT molecular complexity index is 588. The number of hydrogen-bond donors (Lipinski definition) is 0. The van der Waals surface area contributed by atoms with Crippen LogP contribution in [0.25, 0.3) is 0 Å². The quantitative estimate of drug-likeness (QED) is 0.110. The molecular formula is C29H50O2S. The average Bonchev–Trinajstić information content (AvgIpc) is 2.75. The van der Waals surface area contributed by atoms with Crippen LogP contribution in [0.2, 0.25) is 0 Å². The summed E-state index contributed by atoms with van der Waals surface area (Å²) >= 11 is 2.02. The molecule has 0 aliphatic rings. The van der Waals surface area contributed by atoms with E-state index in [9.17, 15) is 4.79 Å². The zero-order valence-corrected chi connectivity index (χ0v) is 22.4. The van der Waals surface area contributed by atoms with Crippen molar-refractivity contribution in [1.29, 1.82) is 0 Å². The van der Waals surface area contributed by atoms with Crippen LogP contribution in [0.5, 0.6) is 5.75 Å². The van der Waals surface area contributed by atoms with Gasteiger partial charge in [0.25, 0.3) is 0 Å². The summed E-state index contributed by atoms with van der Waals surface area (Å²) in [7, 11) is 0. The van der Waals surface area contributed by atoms with E-state index in [1.807, 2.05) is 25.6 Å². The van der Waals surface area contributed by atoms with E-state index in [0.29, 0.717) is 0 Å². The van der Waals surface area contributed by atoms with Crippen LogP contribution < -0.4 is 4.74 Å². The van der Waals surface area contributed by atoms with E-state index >= 15 is 0 Å². The van der Waals surface area contributed by atoms with Crippen molar-refractivity contribution in [1.82, 2.24) is 0 Å². The number of benzene rings is 1. The molecule has 3 heteroatoms. The van der Waals surface area contributed by atoms with Gasteiger partial charge < -0.3 is 4.74 Å². The number of hydrogen-bond acceptors (Lipinski definition) is 3. The van der Waals surface area contributed by atoms with Gasteiger partial charge in [0.05, 0.1) is 0 Å². The normalized spacial score (nSPS) is 11.1. The predicted molar refractivity (Wildman–Crippen MR) is 143 cm³/mol. The molecular weight excluding hydrogens is 412 g/mol. The lowest BCUT2D eigenvalue weighted by atomic mass is 10.0. The van der Waals surface area contributed by atoms with Gasteiger partial charge in [0.15, 0.2) is 0 Å². The first kappa shape index (κ1) is 29.1. The van der Waals surface area contributed by atoms with Crippen molar-refractivity contribution >= 4 is 17.7 Å². The highest BCUT2D eigenvalue weighted by Gasteiger charge is 2.08. The van der Waals surface area contributed by atoms with Crippen molar-refractivity contribution < 1.29 is 9.53 Å². The fraction of sp³-hybridized carbons (Fsp3) is 0.759. The molecule has 0 N–H and O–H groups in total. The van der Waals surface area contributed by atoms with Gasteiger partial charge in [-0.1, -0.05) is 115 Å². The van der Waals surface area contributed by atoms with E-state index < -0.39 is 0 Å². The molecule has 184 valence electrons. The van der Waals surface area contributed by atoms with E-state index in [-0.39, 0.29) is 5.97 Å². The lowest BCUT2D eigenvalue weighted by Crippen LogP contribution is -2.05. The number of esters is 1. The van der Waals surface area contributed by atoms with E-state index in [0.717, 1.165) is 22.6 Å². The van der Waals surface area contributed by atoms with Crippen LogP contribution in [0.3, 0.4) is 0 Å². The Balaban J connectivity index is 1.91. The molecule has 0 heterocycles. The van der Waals surface area contributed by atoms with E-state index in [4.69, 9.17) is 4.74 Å². The van der Waals surface area contributed by atoms with Gasteiger partial charge in [-0.3, -0.25) is 4.79 Å². The molecule has 0 saturated heterocycles. The Morgan fingerprint density at radius 3 is 1.53 bits per heavy atom. The molecule has 0 fully saturated rings. The number of carbonyl (C=O) groups is 1. The van der Waals surface area contributed by atoms with Crippen LogP contribution in [-0.4, -0.2) is 11.7 Å². The Morgan fingerprint density at radius 1 is 0.719 bits per heavy atom. The van der Waals surface area contributed by atoms with E-state index in [1.54, 1.807) is 0 Å². The van der Waals surface area contributed by atoms with Crippen LogP contribution in [-0.2, 0) is 10.5 Å². The second kappa shape index (κ2) is 19.5. The first-order valence-corrected chi connectivity index (χ1v) is 14.6. The van der Waals surface area contributed by atoms with Crippen molar-refractivity contribution in [3.8, 4) is 5.75 Å². The number of rotatable bonds is 20. The first-order chi connectivity index (χ1) is 15.5. The predicted octanol–water partition coefficient (Wildman–Crippen LogP) is 9.72. The second-order valence-corrected chi connectivity index (χ2v) is 10.6. The maximum atomic E-state index is 11.2. The van der Waals surface area contributed by atoms with Crippen LogP contribution >= 0.6 is 11.8 Å². The van der Waals surface area contributed by atoms with Crippen molar-refractivity contribution in [3.05, 3.63) is 28.8 Å². The molecule has 0 atom stereocenters. The van der Waals surface area contributed by atoms with Gasteiger partial charge in [0.2, 0.25) is 0 Å². The molecule has 0 saturated carbocycles. The third-order valence-corrected chi connectivity index (χ3v) is 7.29. The Hall–Kier alpha value is -0.960. The largest absolute Gasteiger partial charge is 0.426 e. The van der Waals surface area contributed by atoms with Crippen molar-refractivity contribution in [2.24, 2.45) is 0 Å². The van der Waals surface area contributed by atoms with Crippen molar-refractivity contribution in [3.63, 3.8) is 0 Å². The summed E-state index contributed by atoms with van der Waals surface area (Å²) in [6, 6.07) is 4.32. The Labute approximate surface area is 203 Å². The highest BCUT2D eigenvalue weighted by molar-refractivity contribution is 7.98. The summed E-state index contributed by atoms with van der Waals surface area (Å²) in [6.07, 6.45) is 22.8. The van der Waals surface area contributed by atoms with Gasteiger partial charge >= 0.3 is 5.97 Å². The minimum atomic E-state index is -0.248. The maximum Gasteiger partial charge on any atom is 0.308 e. The molecule has 1 aromatic rings. The molecule has 32 heavy (non-hydrogen) atoms. The van der Waals surface area contributed by atoms with Crippen LogP contribution in [0.15, 0.2) is 12.1 Å². The van der Waals surface area contributed by atoms with Crippen molar-refractivity contribution in [2.75, 3.05) is 5.75 Å². The molecule has 0 aliphatic heterocycles. The van der Waals surface area contributed by atoms with Crippen LogP contribution in [0.1, 0.15) is 133 Å². The monoisotopic (exact) mass is 462 g/mol. The third kappa shape index (κ3) is 15.0. The zero-order valence-electron chi connectivity index (χ0n) is 21.6. The average molecular weight is 463 g/mol. The molecule has 0 bridgehead atoms. The summed E-state index contributed by atoms with van der Waals surface area (Å²) in [6.45, 7) is 7.80. The van der Waals surface area contributed by atoms with Crippen LogP contribution in [0, 0.1) is 13.8 Å². The molecule has 1 aromatic carbocycles. The zero-order chi connectivity index (χ0) is 23.4.